The van der Waals surface area contributed by atoms with Gasteiger partial charge in [-0.2, -0.15) is 5.26 Å². The van der Waals surface area contributed by atoms with Crippen molar-refractivity contribution in [2.75, 3.05) is 7.11 Å². The highest BCUT2D eigenvalue weighted by Gasteiger charge is 2.18. The van der Waals surface area contributed by atoms with Gasteiger partial charge in [0.25, 0.3) is 0 Å². The molecule has 7 nitrogen and oxygen atoms in total. The Bertz CT molecular complexity index is 869. The number of aromatic nitrogens is 4. The van der Waals surface area contributed by atoms with Crippen molar-refractivity contribution < 1.29 is 9.26 Å². The SMILES string of the molecule is COc1cccc(-c2c(C#N)nnn2Cc2c(C)noc2C)c1. The lowest BCUT2D eigenvalue weighted by Crippen LogP contribution is -2.06. The number of nitriles is 1. The van der Waals surface area contributed by atoms with Crippen LogP contribution in [0.4, 0.5) is 0 Å². The third-order valence-corrected chi connectivity index (χ3v) is 3.67. The van der Waals surface area contributed by atoms with E-state index in [4.69, 9.17) is 9.26 Å². The van der Waals surface area contributed by atoms with Crippen molar-refractivity contribution in [2.45, 2.75) is 20.4 Å². The van der Waals surface area contributed by atoms with E-state index >= 15 is 0 Å². The van der Waals surface area contributed by atoms with Gasteiger partial charge in [-0.25, -0.2) is 4.68 Å². The number of rotatable bonds is 4. The van der Waals surface area contributed by atoms with Gasteiger partial charge < -0.3 is 9.26 Å². The summed E-state index contributed by atoms with van der Waals surface area (Å²) in [7, 11) is 1.60. The molecule has 1 aromatic carbocycles. The molecule has 0 N–H and O–H groups in total. The number of methoxy groups -OCH3 is 1. The number of hydrogen-bond donors (Lipinski definition) is 0. The van der Waals surface area contributed by atoms with E-state index in [0.717, 1.165) is 22.6 Å². The first kappa shape index (κ1) is 14.8. The number of nitrogens with zero attached hydrogens (tertiary/aromatic N) is 5. The Labute approximate surface area is 133 Å². The zero-order valence-corrected chi connectivity index (χ0v) is 13.1. The zero-order valence-electron chi connectivity index (χ0n) is 13.1. The van der Waals surface area contributed by atoms with Crippen LogP contribution < -0.4 is 4.74 Å². The third kappa shape index (κ3) is 2.66. The van der Waals surface area contributed by atoms with E-state index in [1.54, 1.807) is 11.8 Å². The number of hydrogen-bond acceptors (Lipinski definition) is 6. The van der Waals surface area contributed by atoms with Crippen LogP contribution in [-0.4, -0.2) is 27.3 Å². The van der Waals surface area contributed by atoms with Crippen molar-refractivity contribution in [1.29, 1.82) is 5.26 Å². The predicted octanol–water partition coefficient (Wildman–Crippen LogP) is 2.48. The molecular formula is C16H15N5O2. The van der Waals surface area contributed by atoms with E-state index in [2.05, 4.69) is 21.5 Å². The lowest BCUT2D eigenvalue weighted by molar-refractivity contribution is 0.391. The molecule has 0 saturated carbocycles. The highest BCUT2D eigenvalue weighted by molar-refractivity contribution is 5.66. The van der Waals surface area contributed by atoms with Gasteiger partial charge in [0.15, 0.2) is 5.69 Å². The van der Waals surface area contributed by atoms with Crippen LogP contribution in [0.25, 0.3) is 11.3 Å². The summed E-state index contributed by atoms with van der Waals surface area (Å²) in [5, 5.41) is 21.4. The molecule has 0 unspecified atom stereocenters. The number of benzene rings is 1. The molecule has 0 fully saturated rings. The Morgan fingerprint density at radius 1 is 1.35 bits per heavy atom. The quantitative estimate of drug-likeness (QED) is 0.735. The van der Waals surface area contributed by atoms with Crippen LogP contribution in [0.2, 0.25) is 0 Å². The topological polar surface area (TPSA) is 89.8 Å². The smallest absolute Gasteiger partial charge is 0.190 e. The van der Waals surface area contributed by atoms with Gasteiger partial charge in [0, 0.05) is 11.1 Å². The van der Waals surface area contributed by atoms with Gasteiger partial charge in [-0.1, -0.05) is 22.5 Å². The molecule has 2 aromatic heterocycles. The molecule has 2 heterocycles. The van der Waals surface area contributed by atoms with Crippen molar-refractivity contribution in [1.82, 2.24) is 20.2 Å². The monoisotopic (exact) mass is 309 g/mol. The van der Waals surface area contributed by atoms with Crippen LogP contribution in [0.15, 0.2) is 28.8 Å². The Morgan fingerprint density at radius 3 is 2.83 bits per heavy atom. The molecule has 23 heavy (non-hydrogen) atoms. The van der Waals surface area contributed by atoms with E-state index < -0.39 is 0 Å². The Kier molecular flexibility index (Phi) is 3.81. The largest absolute Gasteiger partial charge is 0.497 e. The molecule has 3 rings (SSSR count). The zero-order chi connectivity index (χ0) is 16.4. The van der Waals surface area contributed by atoms with Crippen LogP contribution in [-0.2, 0) is 6.54 Å². The summed E-state index contributed by atoms with van der Waals surface area (Å²) in [6.45, 7) is 4.16. The van der Waals surface area contributed by atoms with Gasteiger partial charge in [-0.05, 0) is 26.0 Å². The minimum Gasteiger partial charge on any atom is -0.497 e. The van der Waals surface area contributed by atoms with E-state index in [1.807, 2.05) is 38.1 Å². The van der Waals surface area contributed by atoms with Gasteiger partial charge in [-0.15, -0.1) is 5.10 Å². The average Bonchev–Trinajstić information content (AvgIpc) is 3.13. The van der Waals surface area contributed by atoms with E-state index in [-0.39, 0.29) is 5.69 Å². The maximum Gasteiger partial charge on any atom is 0.190 e. The Morgan fingerprint density at radius 2 is 2.17 bits per heavy atom. The lowest BCUT2D eigenvalue weighted by atomic mass is 10.1. The average molecular weight is 309 g/mol. The first-order valence-corrected chi connectivity index (χ1v) is 7.03. The fourth-order valence-corrected chi connectivity index (χ4v) is 2.43. The fourth-order valence-electron chi connectivity index (χ4n) is 2.43. The Hall–Kier alpha value is -3.14. The standard InChI is InChI=1S/C16H15N5O2/c1-10-14(11(2)23-19-10)9-21-16(15(8-17)18-20-21)12-5-4-6-13(7-12)22-3/h4-7H,9H2,1-3H3. The third-order valence-electron chi connectivity index (χ3n) is 3.67. The Balaban J connectivity index is 2.09. The summed E-state index contributed by atoms with van der Waals surface area (Å²) in [5.41, 5.74) is 3.46. The molecule has 0 aliphatic rings. The van der Waals surface area contributed by atoms with Gasteiger partial charge in [0.2, 0.25) is 0 Å². The van der Waals surface area contributed by atoms with Gasteiger partial charge in [0.05, 0.1) is 19.3 Å². The second-order valence-corrected chi connectivity index (χ2v) is 5.09. The summed E-state index contributed by atoms with van der Waals surface area (Å²) >= 11 is 0. The highest BCUT2D eigenvalue weighted by Crippen LogP contribution is 2.27. The molecule has 7 heteroatoms. The van der Waals surface area contributed by atoms with Crippen LogP contribution >= 0.6 is 0 Å². The molecule has 116 valence electrons. The molecule has 0 atom stereocenters. The second kappa shape index (κ2) is 5.93. The molecular weight excluding hydrogens is 294 g/mol. The summed E-state index contributed by atoms with van der Waals surface area (Å²) in [6, 6.07) is 9.54. The minimum atomic E-state index is 0.269. The first-order chi connectivity index (χ1) is 11.1. The molecule has 3 aromatic rings. The first-order valence-electron chi connectivity index (χ1n) is 7.03. The normalized spacial score (nSPS) is 10.5. The highest BCUT2D eigenvalue weighted by atomic mass is 16.5. The molecule has 0 aliphatic heterocycles. The second-order valence-electron chi connectivity index (χ2n) is 5.09. The van der Waals surface area contributed by atoms with Gasteiger partial charge in [0.1, 0.15) is 23.3 Å². The molecule has 0 bridgehead atoms. The maximum atomic E-state index is 9.33. The maximum absolute atomic E-state index is 9.33. The van der Waals surface area contributed by atoms with Crippen LogP contribution in [0.1, 0.15) is 22.7 Å². The summed E-state index contributed by atoms with van der Waals surface area (Å²) in [5.74, 6) is 1.43. The van der Waals surface area contributed by atoms with E-state index in [1.165, 1.54) is 0 Å². The molecule has 0 aliphatic carbocycles. The minimum absolute atomic E-state index is 0.269. The lowest BCUT2D eigenvalue weighted by Gasteiger charge is -2.08. The van der Waals surface area contributed by atoms with Crippen molar-refractivity contribution in [3.63, 3.8) is 0 Å². The van der Waals surface area contributed by atoms with Crippen LogP contribution in [0.5, 0.6) is 5.75 Å². The van der Waals surface area contributed by atoms with E-state index in [0.29, 0.717) is 18.0 Å². The predicted molar refractivity (Wildman–Crippen MR) is 81.8 cm³/mol. The van der Waals surface area contributed by atoms with Crippen LogP contribution in [0, 0.1) is 25.2 Å². The molecule has 0 saturated heterocycles. The summed E-state index contributed by atoms with van der Waals surface area (Å²) in [6.07, 6.45) is 0. The molecule has 0 spiro atoms. The number of aryl methyl sites for hydroxylation is 2. The van der Waals surface area contributed by atoms with Crippen LogP contribution in [0.3, 0.4) is 0 Å². The van der Waals surface area contributed by atoms with Gasteiger partial charge in [-0.3, -0.25) is 0 Å². The van der Waals surface area contributed by atoms with Gasteiger partial charge >= 0.3 is 0 Å². The fraction of sp³-hybridized carbons (Fsp3) is 0.250. The van der Waals surface area contributed by atoms with Crippen molar-refractivity contribution >= 4 is 0 Å². The van der Waals surface area contributed by atoms with Crippen molar-refractivity contribution in [2.24, 2.45) is 0 Å². The number of ether oxygens (including phenoxy) is 1. The van der Waals surface area contributed by atoms with E-state index in [9.17, 15) is 5.26 Å². The molecule has 0 amide bonds. The molecule has 0 radical (unpaired) electrons. The van der Waals surface area contributed by atoms with Crippen molar-refractivity contribution in [3.8, 4) is 23.1 Å². The van der Waals surface area contributed by atoms with Crippen molar-refractivity contribution in [3.05, 3.63) is 47.0 Å². The summed E-state index contributed by atoms with van der Waals surface area (Å²) < 4.78 is 12.1. The summed E-state index contributed by atoms with van der Waals surface area (Å²) in [4.78, 5) is 0.